The molecule has 3 N–H and O–H groups in total. The van der Waals surface area contributed by atoms with E-state index in [0.717, 1.165) is 0 Å². The molecule has 0 unspecified atom stereocenters. The zero-order valence-corrected chi connectivity index (χ0v) is 12.2. The Hall–Kier alpha value is -2.42. The van der Waals surface area contributed by atoms with E-state index in [9.17, 15) is 14.7 Å². The second-order valence-electron chi connectivity index (χ2n) is 5.18. The smallest absolute Gasteiger partial charge is 0.408 e. The van der Waals surface area contributed by atoms with Gasteiger partial charge in [0.15, 0.2) is 5.82 Å². The molecule has 0 atom stereocenters. The fourth-order valence-corrected chi connectivity index (χ4v) is 2.95. The number of anilines is 1. The van der Waals surface area contributed by atoms with Crippen LogP contribution < -0.4 is 5.32 Å². The van der Waals surface area contributed by atoms with Gasteiger partial charge in [-0.3, -0.25) is 14.8 Å². The summed E-state index contributed by atoms with van der Waals surface area (Å²) in [4.78, 5) is 28.5. The largest absolute Gasteiger partial charge is 0.465 e. The van der Waals surface area contributed by atoms with Crippen molar-refractivity contribution >= 4 is 29.2 Å². The van der Waals surface area contributed by atoms with Crippen LogP contribution in [-0.2, 0) is 12.1 Å². The van der Waals surface area contributed by atoms with Crippen LogP contribution >= 0.6 is 11.3 Å². The fraction of sp³-hybridized carbons (Fsp3) is 0.333. The minimum Gasteiger partial charge on any atom is -0.465 e. The van der Waals surface area contributed by atoms with Gasteiger partial charge in [0.25, 0.3) is 5.91 Å². The number of nitrogens with one attached hydrogen (secondary N) is 2. The van der Waals surface area contributed by atoms with Gasteiger partial charge in [0.2, 0.25) is 0 Å². The molecule has 3 rings (SSSR count). The van der Waals surface area contributed by atoms with E-state index in [1.807, 2.05) is 0 Å². The lowest BCUT2D eigenvalue weighted by Gasteiger charge is -2.28. The number of nitrogens with zero attached hydrogens (tertiary/aromatic N) is 3. The van der Waals surface area contributed by atoms with E-state index in [4.69, 9.17) is 0 Å². The predicted octanol–water partition coefficient (Wildman–Crippen LogP) is 1.85. The first-order chi connectivity index (χ1) is 9.91. The van der Waals surface area contributed by atoms with Gasteiger partial charge in [0, 0.05) is 10.9 Å². The van der Waals surface area contributed by atoms with E-state index in [-0.39, 0.29) is 12.5 Å². The molecule has 3 heterocycles. The first-order valence-corrected chi connectivity index (χ1v) is 7.13. The molecule has 1 aliphatic rings. The van der Waals surface area contributed by atoms with Gasteiger partial charge in [-0.15, -0.1) is 11.3 Å². The van der Waals surface area contributed by atoms with E-state index >= 15 is 0 Å². The summed E-state index contributed by atoms with van der Waals surface area (Å²) in [5, 5.41) is 20.5. The Kier molecular flexibility index (Phi) is 2.94. The SMILES string of the molecule is CC1(C)c2[nH]nc(NC(=O)c3cscn3)c2CN1C(=O)O. The van der Waals surface area contributed by atoms with Gasteiger partial charge in [-0.05, 0) is 13.8 Å². The third kappa shape index (κ3) is 2.05. The molecule has 0 radical (unpaired) electrons. The minimum atomic E-state index is -1.01. The molecule has 0 bridgehead atoms. The first-order valence-electron chi connectivity index (χ1n) is 6.19. The number of thiazole rings is 1. The van der Waals surface area contributed by atoms with Crippen LogP contribution in [0.4, 0.5) is 10.6 Å². The Bertz CT molecular complexity index is 707. The van der Waals surface area contributed by atoms with Crippen LogP contribution in [0, 0.1) is 0 Å². The summed E-state index contributed by atoms with van der Waals surface area (Å²) in [6.45, 7) is 3.76. The number of fused-ring (bicyclic) bond motifs is 1. The molecule has 21 heavy (non-hydrogen) atoms. The van der Waals surface area contributed by atoms with Crippen molar-refractivity contribution in [2.45, 2.75) is 25.9 Å². The highest BCUT2D eigenvalue weighted by molar-refractivity contribution is 7.07. The summed E-state index contributed by atoms with van der Waals surface area (Å²) in [6.07, 6.45) is -1.01. The monoisotopic (exact) mass is 307 g/mol. The van der Waals surface area contributed by atoms with Crippen LogP contribution in [0.2, 0.25) is 0 Å². The number of aromatic amines is 1. The van der Waals surface area contributed by atoms with Gasteiger partial charge in [-0.1, -0.05) is 0 Å². The standard InChI is InChI=1S/C12H13N5O3S/c1-12(2)8-6(3-17(12)11(19)20)9(16-15-8)14-10(18)7-4-21-5-13-7/h4-5H,3H2,1-2H3,(H,19,20)(H2,14,15,16,18). The van der Waals surface area contributed by atoms with Crippen LogP contribution in [0.1, 0.15) is 35.6 Å². The van der Waals surface area contributed by atoms with Crippen molar-refractivity contribution in [2.24, 2.45) is 0 Å². The summed E-state index contributed by atoms with van der Waals surface area (Å²) >= 11 is 1.32. The molecule has 2 amide bonds. The molecular formula is C12H13N5O3S. The maximum absolute atomic E-state index is 12.0. The number of aromatic nitrogens is 3. The second-order valence-corrected chi connectivity index (χ2v) is 5.90. The normalized spacial score (nSPS) is 15.8. The molecule has 2 aromatic rings. The van der Waals surface area contributed by atoms with Gasteiger partial charge in [-0.2, -0.15) is 5.10 Å². The summed E-state index contributed by atoms with van der Waals surface area (Å²) < 4.78 is 0. The fourth-order valence-electron chi connectivity index (χ4n) is 2.42. The van der Waals surface area contributed by atoms with Gasteiger partial charge >= 0.3 is 6.09 Å². The van der Waals surface area contributed by atoms with E-state index in [0.29, 0.717) is 22.8 Å². The average Bonchev–Trinajstić information content (AvgIpc) is 3.08. The molecule has 9 heteroatoms. The summed E-state index contributed by atoms with van der Waals surface area (Å²) in [5.74, 6) is -0.0167. The van der Waals surface area contributed by atoms with E-state index < -0.39 is 11.6 Å². The molecule has 8 nitrogen and oxygen atoms in total. The van der Waals surface area contributed by atoms with E-state index in [1.165, 1.54) is 16.2 Å². The number of H-pyrrole nitrogens is 1. The highest BCUT2D eigenvalue weighted by Gasteiger charge is 2.44. The van der Waals surface area contributed by atoms with Crippen molar-refractivity contribution in [2.75, 3.05) is 5.32 Å². The second kappa shape index (κ2) is 4.55. The minimum absolute atomic E-state index is 0.181. The van der Waals surface area contributed by atoms with Crippen LogP contribution in [0.15, 0.2) is 10.9 Å². The lowest BCUT2D eigenvalue weighted by molar-refractivity contribution is 0.0978. The highest BCUT2D eigenvalue weighted by Crippen LogP contribution is 2.40. The summed E-state index contributed by atoms with van der Waals surface area (Å²) in [5.41, 5.74) is 2.55. The lowest BCUT2D eigenvalue weighted by atomic mass is 10.0. The van der Waals surface area contributed by atoms with Gasteiger partial charge in [-0.25, -0.2) is 9.78 Å². The van der Waals surface area contributed by atoms with Crippen molar-refractivity contribution in [1.29, 1.82) is 0 Å². The Morgan fingerprint density at radius 1 is 1.52 bits per heavy atom. The zero-order chi connectivity index (χ0) is 15.2. The van der Waals surface area contributed by atoms with Crippen LogP contribution in [-0.4, -0.2) is 37.2 Å². The van der Waals surface area contributed by atoms with Crippen molar-refractivity contribution in [3.05, 3.63) is 27.8 Å². The molecule has 110 valence electrons. The average molecular weight is 307 g/mol. The van der Waals surface area contributed by atoms with Crippen molar-refractivity contribution in [1.82, 2.24) is 20.1 Å². The van der Waals surface area contributed by atoms with E-state index in [2.05, 4.69) is 20.5 Å². The number of carboxylic acid groups (broad SMARTS) is 1. The predicted molar refractivity (Wildman–Crippen MR) is 75.2 cm³/mol. The first kappa shape index (κ1) is 13.6. The van der Waals surface area contributed by atoms with Gasteiger partial charge < -0.3 is 10.4 Å². The van der Waals surface area contributed by atoms with Crippen molar-refractivity contribution in [3.8, 4) is 0 Å². The molecule has 0 saturated carbocycles. The Balaban J connectivity index is 1.89. The molecule has 0 fully saturated rings. The molecule has 0 saturated heterocycles. The Labute approximate surface area is 123 Å². The van der Waals surface area contributed by atoms with Crippen molar-refractivity contribution < 1.29 is 14.7 Å². The Morgan fingerprint density at radius 3 is 2.90 bits per heavy atom. The number of rotatable bonds is 2. The number of hydrogen-bond donors (Lipinski definition) is 3. The quantitative estimate of drug-likeness (QED) is 0.784. The van der Waals surface area contributed by atoms with Crippen LogP contribution in [0.5, 0.6) is 0 Å². The number of amides is 2. The Morgan fingerprint density at radius 2 is 2.29 bits per heavy atom. The maximum atomic E-state index is 12.0. The summed E-state index contributed by atoms with van der Waals surface area (Å²) in [6, 6.07) is 0. The number of hydrogen-bond acceptors (Lipinski definition) is 5. The topological polar surface area (TPSA) is 111 Å². The lowest BCUT2D eigenvalue weighted by Crippen LogP contribution is -2.39. The zero-order valence-electron chi connectivity index (χ0n) is 11.4. The van der Waals surface area contributed by atoms with Gasteiger partial charge in [0.1, 0.15) is 5.69 Å². The number of carbonyl (C=O) groups excluding carboxylic acids is 1. The van der Waals surface area contributed by atoms with Gasteiger partial charge in [0.05, 0.1) is 23.3 Å². The van der Waals surface area contributed by atoms with Crippen LogP contribution in [0.3, 0.4) is 0 Å². The molecule has 0 aliphatic carbocycles. The van der Waals surface area contributed by atoms with E-state index in [1.54, 1.807) is 24.7 Å². The molecular weight excluding hydrogens is 294 g/mol. The molecule has 2 aromatic heterocycles. The maximum Gasteiger partial charge on any atom is 0.408 e. The highest BCUT2D eigenvalue weighted by atomic mass is 32.1. The number of carbonyl (C=O) groups is 2. The third-order valence-corrected chi connectivity index (χ3v) is 4.18. The summed E-state index contributed by atoms with van der Waals surface area (Å²) in [7, 11) is 0. The molecule has 0 aromatic carbocycles. The van der Waals surface area contributed by atoms with Crippen LogP contribution in [0.25, 0.3) is 0 Å². The van der Waals surface area contributed by atoms with Crippen molar-refractivity contribution in [3.63, 3.8) is 0 Å². The molecule has 1 aliphatic heterocycles. The molecule has 0 spiro atoms. The third-order valence-electron chi connectivity index (χ3n) is 3.60.